The first-order chi connectivity index (χ1) is 3.83. The second kappa shape index (κ2) is 1.62. The smallest absolute Gasteiger partial charge is 0.448 e. The minimum absolute atomic E-state index is 0.00231. The second-order valence-electron chi connectivity index (χ2n) is 1.22. The molecule has 4 nitrogen and oxygen atoms in total. The lowest BCUT2D eigenvalue weighted by molar-refractivity contribution is 0.541. The Hall–Kier alpha value is -1.37. The molecule has 0 fully saturated rings. The average molecular weight is 109 g/mol. The highest BCUT2D eigenvalue weighted by atomic mass is 16.4. The van der Waals surface area contributed by atoms with Crippen molar-refractivity contribution in [3.8, 4) is 0 Å². The fourth-order valence-electron chi connectivity index (χ4n) is 0.331. The minimum Gasteiger partial charge on any atom is -0.448 e. The standard InChI is InChI=1S/C4H3N3O/c1-3-6-7-4(5-2)8-3/h1H3. The van der Waals surface area contributed by atoms with E-state index in [2.05, 4.69) is 19.5 Å². The van der Waals surface area contributed by atoms with Gasteiger partial charge in [0, 0.05) is 12.0 Å². The van der Waals surface area contributed by atoms with Gasteiger partial charge in [-0.1, -0.05) is 6.57 Å². The van der Waals surface area contributed by atoms with Gasteiger partial charge in [0.2, 0.25) is 5.89 Å². The molecule has 0 saturated heterocycles. The van der Waals surface area contributed by atoms with E-state index in [1.54, 1.807) is 6.92 Å². The number of hydrogen-bond donors (Lipinski definition) is 0. The first-order valence-corrected chi connectivity index (χ1v) is 2.00. The van der Waals surface area contributed by atoms with E-state index in [1.165, 1.54) is 0 Å². The fraction of sp³-hybridized carbons (Fsp3) is 0.250. The summed E-state index contributed by atoms with van der Waals surface area (Å²) in [6.45, 7) is 8.03. The van der Waals surface area contributed by atoms with Crippen molar-refractivity contribution < 1.29 is 4.42 Å². The molecule has 40 valence electrons. The van der Waals surface area contributed by atoms with E-state index in [1.807, 2.05) is 0 Å². The third-order valence-electron chi connectivity index (χ3n) is 0.611. The summed E-state index contributed by atoms with van der Waals surface area (Å²) in [7, 11) is 0. The van der Waals surface area contributed by atoms with Gasteiger partial charge in [-0.2, -0.15) is 0 Å². The molecule has 1 aromatic heterocycles. The Morgan fingerprint density at radius 2 is 2.38 bits per heavy atom. The normalized spacial score (nSPS) is 8.50. The van der Waals surface area contributed by atoms with Crippen LogP contribution in [0.3, 0.4) is 0 Å². The van der Waals surface area contributed by atoms with Gasteiger partial charge in [-0.15, -0.1) is 0 Å². The summed E-state index contributed by atoms with van der Waals surface area (Å²) in [6, 6.07) is 0.00231. The number of aromatic nitrogens is 2. The molecule has 0 atom stereocenters. The van der Waals surface area contributed by atoms with Crippen LogP contribution in [0.15, 0.2) is 4.42 Å². The molecule has 0 amide bonds. The Kier molecular flexibility index (Phi) is 0.968. The lowest BCUT2D eigenvalue weighted by Gasteiger charge is -1.70. The van der Waals surface area contributed by atoms with Crippen molar-refractivity contribution in [3.63, 3.8) is 0 Å². The predicted molar refractivity (Wildman–Crippen MR) is 25.3 cm³/mol. The first-order valence-electron chi connectivity index (χ1n) is 2.00. The molecule has 0 aliphatic rings. The predicted octanol–water partition coefficient (Wildman–Crippen LogP) is 0.929. The highest BCUT2D eigenvalue weighted by Crippen LogP contribution is 2.05. The van der Waals surface area contributed by atoms with E-state index in [0.29, 0.717) is 5.89 Å². The van der Waals surface area contributed by atoms with Crippen LogP contribution in [0.5, 0.6) is 0 Å². The Morgan fingerprint density at radius 3 is 2.62 bits per heavy atom. The summed E-state index contributed by atoms with van der Waals surface area (Å²) in [5.74, 6) is 0.427. The third kappa shape index (κ3) is 0.658. The number of rotatable bonds is 0. The molecule has 0 radical (unpaired) electrons. The van der Waals surface area contributed by atoms with Crippen molar-refractivity contribution >= 4 is 6.01 Å². The maximum Gasteiger partial charge on any atom is 0.475 e. The molecule has 0 saturated carbocycles. The van der Waals surface area contributed by atoms with Gasteiger partial charge in [-0.3, -0.25) is 0 Å². The summed E-state index contributed by atoms with van der Waals surface area (Å²) in [5.41, 5.74) is 0. The van der Waals surface area contributed by atoms with Gasteiger partial charge in [0.05, 0.1) is 0 Å². The van der Waals surface area contributed by atoms with Gasteiger partial charge in [0.1, 0.15) is 0 Å². The Morgan fingerprint density at radius 1 is 1.62 bits per heavy atom. The molecular weight excluding hydrogens is 106 g/mol. The van der Waals surface area contributed by atoms with Crippen molar-refractivity contribution in [2.45, 2.75) is 6.92 Å². The Bertz CT molecular complexity index is 221. The van der Waals surface area contributed by atoms with E-state index in [-0.39, 0.29) is 6.01 Å². The lowest BCUT2D eigenvalue weighted by atomic mass is 10.8. The highest BCUT2D eigenvalue weighted by Gasteiger charge is 1.98. The summed E-state index contributed by atoms with van der Waals surface area (Å²) >= 11 is 0. The van der Waals surface area contributed by atoms with Gasteiger partial charge >= 0.3 is 6.01 Å². The topological polar surface area (TPSA) is 43.3 Å². The molecule has 4 heteroatoms. The van der Waals surface area contributed by atoms with Gasteiger partial charge in [-0.05, 0) is 5.10 Å². The number of nitrogens with zero attached hydrogens (tertiary/aromatic N) is 3. The second-order valence-corrected chi connectivity index (χ2v) is 1.22. The summed E-state index contributed by atoms with van der Waals surface area (Å²) in [4.78, 5) is 2.90. The van der Waals surface area contributed by atoms with Crippen LogP contribution >= 0.6 is 0 Å². The molecule has 0 spiro atoms. The SMILES string of the molecule is [C-]#[N+]c1nnc(C)o1. The number of hydrogen-bond acceptors (Lipinski definition) is 3. The largest absolute Gasteiger partial charge is 0.475 e. The van der Waals surface area contributed by atoms with Crippen LogP contribution in [0, 0.1) is 13.5 Å². The number of aryl methyl sites for hydroxylation is 1. The molecule has 1 aromatic rings. The first kappa shape index (κ1) is 4.78. The zero-order valence-corrected chi connectivity index (χ0v) is 4.25. The molecule has 0 bridgehead atoms. The van der Waals surface area contributed by atoms with Crippen molar-refractivity contribution in [1.29, 1.82) is 0 Å². The maximum atomic E-state index is 6.39. The Labute approximate surface area is 46.0 Å². The van der Waals surface area contributed by atoms with Gasteiger partial charge in [0.25, 0.3) is 0 Å². The minimum atomic E-state index is 0.00231. The molecule has 0 aliphatic carbocycles. The van der Waals surface area contributed by atoms with E-state index in [4.69, 9.17) is 6.57 Å². The molecule has 1 heterocycles. The molecule has 0 N–H and O–H groups in total. The van der Waals surface area contributed by atoms with Crippen LogP contribution in [0.25, 0.3) is 4.85 Å². The molecular formula is C4H3N3O. The summed E-state index contributed by atoms with van der Waals surface area (Å²) in [6.07, 6.45) is 0. The molecule has 1 rings (SSSR count). The van der Waals surface area contributed by atoms with E-state index in [0.717, 1.165) is 0 Å². The van der Waals surface area contributed by atoms with Crippen LogP contribution in [0.1, 0.15) is 5.89 Å². The monoisotopic (exact) mass is 109 g/mol. The molecule has 0 aliphatic heterocycles. The molecule has 0 unspecified atom stereocenters. The average Bonchev–Trinajstić information content (AvgIpc) is 2.14. The van der Waals surface area contributed by atoms with Gasteiger partial charge < -0.3 is 9.26 Å². The van der Waals surface area contributed by atoms with Crippen molar-refractivity contribution in [1.82, 2.24) is 10.2 Å². The van der Waals surface area contributed by atoms with E-state index >= 15 is 0 Å². The zero-order valence-electron chi connectivity index (χ0n) is 4.25. The third-order valence-corrected chi connectivity index (χ3v) is 0.611. The maximum absolute atomic E-state index is 6.39. The Balaban J connectivity index is 3.05. The van der Waals surface area contributed by atoms with Crippen LogP contribution in [-0.4, -0.2) is 10.2 Å². The lowest BCUT2D eigenvalue weighted by Crippen LogP contribution is -1.65. The van der Waals surface area contributed by atoms with Gasteiger partial charge in [0.15, 0.2) is 0 Å². The van der Waals surface area contributed by atoms with Crippen molar-refractivity contribution in [2.75, 3.05) is 0 Å². The van der Waals surface area contributed by atoms with E-state index in [9.17, 15) is 0 Å². The fourth-order valence-corrected chi connectivity index (χ4v) is 0.331. The van der Waals surface area contributed by atoms with Crippen LogP contribution in [0.4, 0.5) is 6.01 Å². The summed E-state index contributed by atoms with van der Waals surface area (Å²) < 4.78 is 4.66. The molecule has 0 aromatic carbocycles. The van der Waals surface area contributed by atoms with Crippen LogP contribution in [-0.2, 0) is 0 Å². The van der Waals surface area contributed by atoms with Crippen molar-refractivity contribution in [3.05, 3.63) is 17.3 Å². The van der Waals surface area contributed by atoms with E-state index < -0.39 is 0 Å². The summed E-state index contributed by atoms with van der Waals surface area (Å²) in [5, 5.41) is 6.82. The molecule has 8 heavy (non-hydrogen) atoms. The highest BCUT2D eigenvalue weighted by molar-refractivity contribution is 5.16. The quantitative estimate of drug-likeness (QED) is 0.465. The van der Waals surface area contributed by atoms with Crippen LogP contribution in [0.2, 0.25) is 0 Å². The van der Waals surface area contributed by atoms with Crippen molar-refractivity contribution in [2.24, 2.45) is 0 Å². The van der Waals surface area contributed by atoms with Crippen LogP contribution < -0.4 is 0 Å². The van der Waals surface area contributed by atoms with Gasteiger partial charge in [-0.25, -0.2) is 0 Å². The zero-order chi connectivity index (χ0) is 5.98.